The van der Waals surface area contributed by atoms with E-state index in [1.165, 1.54) is 0 Å². The number of anilines is 1. The number of ether oxygens (including phenoxy) is 1. The molecule has 0 bridgehead atoms. The van der Waals surface area contributed by atoms with Gasteiger partial charge in [-0.2, -0.15) is 0 Å². The third-order valence-corrected chi connectivity index (χ3v) is 6.08. The number of benzene rings is 2. The normalized spacial score (nSPS) is 17.5. The van der Waals surface area contributed by atoms with Crippen LogP contribution < -0.4 is 9.64 Å². The first-order valence-corrected chi connectivity index (χ1v) is 12.0. The minimum Gasteiger partial charge on any atom is -0.507 e. The number of likely N-dealkylation sites (tertiary alicyclic amines) is 1. The van der Waals surface area contributed by atoms with Crippen LogP contribution in [0.25, 0.3) is 5.76 Å². The van der Waals surface area contributed by atoms with Crippen molar-refractivity contribution in [2.24, 2.45) is 0 Å². The minimum absolute atomic E-state index is 0.0192. The van der Waals surface area contributed by atoms with E-state index < -0.39 is 17.7 Å². The van der Waals surface area contributed by atoms with Crippen molar-refractivity contribution in [3.05, 3.63) is 64.7 Å². The molecule has 0 spiro atoms. The van der Waals surface area contributed by atoms with Gasteiger partial charge in [-0.25, -0.2) is 0 Å². The predicted octanol–water partition coefficient (Wildman–Crippen LogP) is 4.22. The third kappa shape index (κ3) is 5.85. The topological polar surface area (TPSA) is 73.3 Å². The summed E-state index contributed by atoms with van der Waals surface area (Å²) in [6, 6.07) is 12.4. The molecule has 0 saturated carbocycles. The summed E-state index contributed by atoms with van der Waals surface area (Å²) in [6.45, 7) is 7.00. The van der Waals surface area contributed by atoms with Gasteiger partial charge in [0.1, 0.15) is 11.5 Å². The van der Waals surface area contributed by atoms with Crippen LogP contribution in [0.2, 0.25) is 0 Å². The van der Waals surface area contributed by atoms with Crippen LogP contribution in [0.15, 0.2) is 48.0 Å². The van der Waals surface area contributed by atoms with Gasteiger partial charge in [-0.15, -0.1) is 0 Å². The Morgan fingerprint density at radius 1 is 1.06 bits per heavy atom. The van der Waals surface area contributed by atoms with Crippen molar-refractivity contribution in [1.29, 1.82) is 0 Å². The molecule has 1 fully saturated rings. The number of carbonyl (C=O) groups excluding carboxylic acids is 2. The fourth-order valence-corrected chi connectivity index (χ4v) is 4.31. The van der Waals surface area contributed by atoms with Gasteiger partial charge in [-0.05, 0) is 89.3 Å². The van der Waals surface area contributed by atoms with Crippen molar-refractivity contribution >= 4 is 23.1 Å². The molecule has 2 aromatic carbocycles. The van der Waals surface area contributed by atoms with Crippen molar-refractivity contribution in [3.63, 3.8) is 0 Å². The lowest BCUT2D eigenvalue weighted by Gasteiger charge is -2.26. The second kappa shape index (κ2) is 11.0. The molecule has 3 rings (SSSR count). The number of Topliss-reactive ketones (excluding diaryl/α,β-unsaturated/α-hetero) is 1. The maximum atomic E-state index is 13.2. The molecule has 0 aromatic heterocycles. The Morgan fingerprint density at radius 2 is 1.71 bits per heavy atom. The zero-order valence-electron chi connectivity index (χ0n) is 21.8. The maximum Gasteiger partial charge on any atom is 0.295 e. The van der Waals surface area contributed by atoms with E-state index in [9.17, 15) is 14.7 Å². The fourth-order valence-electron chi connectivity index (χ4n) is 4.31. The average Bonchev–Trinajstić information content (AvgIpc) is 3.04. The lowest BCUT2D eigenvalue weighted by Crippen LogP contribution is -2.32. The first-order chi connectivity index (χ1) is 16.5. The second-order valence-corrected chi connectivity index (χ2v) is 9.78. The molecule has 1 amide bonds. The molecule has 1 atom stereocenters. The van der Waals surface area contributed by atoms with Gasteiger partial charge in [0.05, 0.1) is 17.7 Å². The van der Waals surface area contributed by atoms with Crippen LogP contribution in [-0.2, 0) is 9.59 Å². The van der Waals surface area contributed by atoms with Gasteiger partial charge in [0, 0.05) is 31.9 Å². The van der Waals surface area contributed by atoms with E-state index in [4.69, 9.17) is 4.74 Å². The summed E-state index contributed by atoms with van der Waals surface area (Å²) in [6.07, 6.45) is 0.734. The zero-order chi connectivity index (χ0) is 25.9. The van der Waals surface area contributed by atoms with Crippen LogP contribution in [0, 0.1) is 6.92 Å². The number of aliphatic hydroxyl groups is 1. The smallest absolute Gasteiger partial charge is 0.295 e. The molecule has 35 heavy (non-hydrogen) atoms. The van der Waals surface area contributed by atoms with Gasteiger partial charge in [-0.3, -0.25) is 9.59 Å². The number of hydrogen-bond donors (Lipinski definition) is 1. The Hall–Kier alpha value is -3.32. The summed E-state index contributed by atoms with van der Waals surface area (Å²) in [7, 11) is 7.86. The van der Waals surface area contributed by atoms with Crippen LogP contribution in [-0.4, -0.2) is 74.0 Å². The number of carbonyl (C=O) groups is 2. The van der Waals surface area contributed by atoms with Crippen LogP contribution >= 0.6 is 0 Å². The standard InChI is InChI=1S/C28H37N3O4/c1-18(2)35-23-14-11-21(17-19(23)3)26(32)24-25(20-9-12-22(13-10-20)30(6)7)31(28(34)27(24)33)16-8-15-29(4)5/h9-14,17-18,25,32H,8,15-16H2,1-7H3/b26-24-. The molecule has 0 aliphatic carbocycles. The molecule has 1 heterocycles. The Labute approximate surface area is 208 Å². The number of amides is 1. The van der Waals surface area contributed by atoms with Gasteiger partial charge in [0.2, 0.25) is 0 Å². The monoisotopic (exact) mass is 479 g/mol. The number of nitrogens with zero attached hydrogens (tertiary/aromatic N) is 3. The Kier molecular flexibility index (Phi) is 8.22. The molecular formula is C28H37N3O4. The van der Waals surface area contributed by atoms with Crippen molar-refractivity contribution in [2.45, 2.75) is 39.3 Å². The number of aliphatic hydroxyl groups excluding tert-OH is 1. The first-order valence-electron chi connectivity index (χ1n) is 12.0. The zero-order valence-corrected chi connectivity index (χ0v) is 21.8. The van der Waals surface area contributed by atoms with Crippen molar-refractivity contribution in [2.75, 3.05) is 46.2 Å². The quantitative estimate of drug-likeness (QED) is 0.330. The number of hydrogen-bond acceptors (Lipinski definition) is 6. The van der Waals surface area contributed by atoms with Gasteiger partial charge < -0.3 is 24.5 Å². The van der Waals surface area contributed by atoms with Gasteiger partial charge in [0.15, 0.2) is 0 Å². The van der Waals surface area contributed by atoms with Crippen molar-refractivity contribution in [1.82, 2.24) is 9.80 Å². The summed E-state index contributed by atoms with van der Waals surface area (Å²) in [5, 5.41) is 11.3. The average molecular weight is 480 g/mol. The van der Waals surface area contributed by atoms with Gasteiger partial charge in [0.25, 0.3) is 11.7 Å². The number of aryl methyl sites for hydroxylation is 1. The van der Waals surface area contributed by atoms with Crippen LogP contribution in [0.5, 0.6) is 5.75 Å². The molecule has 188 valence electrons. The maximum absolute atomic E-state index is 13.2. The van der Waals surface area contributed by atoms with E-state index in [2.05, 4.69) is 0 Å². The first kappa shape index (κ1) is 26.3. The van der Waals surface area contributed by atoms with Crippen LogP contribution in [0.3, 0.4) is 0 Å². The summed E-state index contributed by atoms with van der Waals surface area (Å²) in [5.41, 5.74) is 3.25. The molecule has 1 saturated heterocycles. The SMILES string of the molecule is Cc1cc(/C(O)=C2/C(=O)C(=O)N(CCCN(C)C)C2c2ccc(N(C)C)cc2)ccc1OC(C)C. The van der Waals surface area contributed by atoms with Crippen LogP contribution in [0.4, 0.5) is 5.69 Å². The summed E-state index contributed by atoms with van der Waals surface area (Å²) < 4.78 is 5.81. The minimum atomic E-state index is -0.658. The highest BCUT2D eigenvalue weighted by atomic mass is 16.5. The van der Waals surface area contributed by atoms with E-state index >= 15 is 0 Å². The Morgan fingerprint density at radius 3 is 2.26 bits per heavy atom. The second-order valence-electron chi connectivity index (χ2n) is 9.78. The molecule has 2 aromatic rings. The largest absolute Gasteiger partial charge is 0.507 e. The van der Waals surface area contributed by atoms with E-state index in [1.807, 2.05) is 83.0 Å². The lowest BCUT2D eigenvalue weighted by atomic mass is 9.94. The summed E-state index contributed by atoms with van der Waals surface area (Å²) in [5.74, 6) is -0.687. The molecule has 0 radical (unpaired) electrons. The van der Waals surface area contributed by atoms with Gasteiger partial charge in [-0.1, -0.05) is 12.1 Å². The molecule has 7 heteroatoms. The molecule has 1 aliphatic heterocycles. The molecule has 1 N–H and O–H groups in total. The highest BCUT2D eigenvalue weighted by Gasteiger charge is 2.45. The van der Waals surface area contributed by atoms with Crippen LogP contribution in [0.1, 0.15) is 43.0 Å². The van der Waals surface area contributed by atoms with Crippen molar-refractivity contribution < 1.29 is 19.4 Å². The molecular weight excluding hydrogens is 442 g/mol. The lowest BCUT2D eigenvalue weighted by molar-refractivity contribution is -0.139. The molecule has 7 nitrogen and oxygen atoms in total. The van der Waals surface area contributed by atoms with Crippen molar-refractivity contribution in [3.8, 4) is 5.75 Å². The van der Waals surface area contributed by atoms with Gasteiger partial charge >= 0.3 is 0 Å². The van der Waals surface area contributed by atoms with E-state index in [0.717, 1.165) is 29.1 Å². The Balaban J connectivity index is 2.08. The molecule has 1 unspecified atom stereocenters. The predicted molar refractivity (Wildman–Crippen MR) is 140 cm³/mol. The highest BCUT2D eigenvalue weighted by Crippen LogP contribution is 2.40. The van der Waals surface area contributed by atoms with E-state index in [0.29, 0.717) is 18.5 Å². The fraction of sp³-hybridized carbons (Fsp3) is 0.429. The summed E-state index contributed by atoms with van der Waals surface area (Å²) in [4.78, 5) is 32.0. The number of rotatable bonds is 9. The van der Waals surface area contributed by atoms with E-state index in [1.54, 1.807) is 23.1 Å². The van der Waals surface area contributed by atoms with E-state index in [-0.39, 0.29) is 17.4 Å². The molecule has 1 aliphatic rings. The summed E-state index contributed by atoms with van der Waals surface area (Å²) >= 11 is 0. The third-order valence-electron chi connectivity index (χ3n) is 6.08. The highest BCUT2D eigenvalue weighted by molar-refractivity contribution is 6.46. The Bertz CT molecular complexity index is 1100. The number of ketones is 1.